The molecule has 140 valence electrons. The first kappa shape index (κ1) is 20.3. The lowest BCUT2D eigenvalue weighted by Crippen LogP contribution is -2.37. The Labute approximate surface area is 162 Å². The van der Waals surface area contributed by atoms with Gasteiger partial charge in [-0.3, -0.25) is 4.79 Å². The van der Waals surface area contributed by atoms with Gasteiger partial charge in [-0.25, -0.2) is 0 Å². The van der Waals surface area contributed by atoms with Crippen LogP contribution in [0.25, 0.3) is 0 Å². The quantitative estimate of drug-likeness (QED) is 0.532. The van der Waals surface area contributed by atoms with Crippen LogP contribution in [0.1, 0.15) is 31.9 Å². The SMILES string of the molecule is CCN(/C=C(/C#N)C(=O)N(Cc1ccccc1)C(C)C)c1cccc(C)c1. The molecule has 1 amide bonds. The van der Waals surface area contributed by atoms with E-state index in [1.165, 1.54) is 0 Å². The van der Waals surface area contributed by atoms with Crippen molar-refractivity contribution < 1.29 is 4.79 Å². The topological polar surface area (TPSA) is 47.3 Å². The number of rotatable bonds is 7. The Balaban J connectivity index is 2.30. The zero-order valence-corrected chi connectivity index (χ0v) is 16.5. The van der Waals surface area contributed by atoms with E-state index >= 15 is 0 Å². The Kier molecular flexibility index (Phi) is 7.19. The second kappa shape index (κ2) is 9.59. The summed E-state index contributed by atoms with van der Waals surface area (Å²) in [5.41, 5.74) is 3.29. The van der Waals surface area contributed by atoms with E-state index in [1.807, 2.05) is 87.2 Å². The highest BCUT2D eigenvalue weighted by atomic mass is 16.2. The molecule has 0 fully saturated rings. The molecule has 0 bridgehead atoms. The molecular weight excluding hydrogens is 334 g/mol. The number of carbonyl (C=O) groups excluding carboxylic acids is 1. The molecule has 2 rings (SSSR count). The van der Waals surface area contributed by atoms with Gasteiger partial charge in [0.2, 0.25) is 0 Å². The first-order chi connectivity index (χ1) is 13.0. The molecule has 0 radical (unpaired) electrons. The maximum atomic E-state index is 13.1. The molecule has 0 saturated heterocycles. The number of benzene rings is 2. The Morgan fingerprint density at radius 3 is 2.41 bits per heavy atom. The van der Waals surface area contributed by atoms with Crippen molar-refractivity contribution >= 4 is 11.6 Å². The number of nitrogens with zero attached hydrogens (tertiary/aromatic N) is 3. The highest BCUT2D eigenvalue weighted by molar-refractivity contribution is 5.97. The molecule has 0 aliphatic carbocycles. The predicted octanol–water partition coefficient (Wildman–Crippen LogP) is 4.67. The van der Waals surface area contributed by atoms with Crippen LogP contribution >= 0.6 is 0 Å². The van der Waals surface area contributed by atoms with Gasteiger partial charge >= 0.3 is 0 Å². The van der Waals surface area contributed by atoms with Crippen LogP contribution in [0.4, 0.5) is 5.69 Å². The van der Waals surface area contributed by atoms with Crippen LogP contribution in [-0.4, -0.2) is 23.4 Å². The molecule has 2 aromatic carbocycles. The Bertz CT molecular complexity index is 834. The summed E-state index contributed by atoms with van der Waals surface area (Å²) in [4.78, 5) is 16.7. The minimum absolute atomic E-state index is 0.0106. The highest BCUT2D eigenvalue weighted by Crippen LogP contribution is 2.19. The first-order valence-corrected chi connectivity index (χ1v) is 9.26. The lowest BCUT2D eigenvalue weighted by molar-refractivity contribution is -0.129. The number of anilines is 1. The summed E-state index contributed by atoms with van der Waals surface area (Å²) in [5, 5.41) is 9.65. The van der Waals surface area contributed by atoms with Gasteiger partial charge in [0.1, 0.15) is 11.6 Å². The fraction of sp³-hybridized carbons (Fsp3) is 0.304. The Hall–Kier alpha value is -3.06. The Morgan fingerprint density at radius 2 is 1.85 bits per heavy atom. The predicted molar refractivity (Wildman–Crippen MR) is 110 cm³/mol. The minimum Gasteiger partial charge on any atom is -0.347 e. The molecule has 0 N–H and O–H groups in total. The molecule has 4 heteroatoms. The third-order valence-corrected chi connectivity index (χ3v) is 4.39. The third-order valence-electron chi connectivity index (χ3n) is 4.39. The van der Waals surface area contributed by atoms with Crippen LogP contribution < -0.4 is 4.90 Å². The van der Waals surface area contributed by atoms with Crippen LogP contribution in [0.2, 0.25) is 0 Å². The van der Waals surface area contributed by atoms with Gasteiger partial charge in [-0.1, -0.05) is 42.5 Å². The van der Waals surface area contributed by atoms with Crippen molar-refractivity contribution in [2.24, 2.45) is 0 Å². The van der Waals surface area contributed by atoms with E-state index in [1.54, 1.807) is 11.1 Å². The van der Waals surface area contributed by atoms with Crippen molar-refractivity contribution in [3.05, 3.63) is 77.5 Å². The second-order valence-electron chi connectivity index (χ2n) is 6.79. The highest BCUT2D eigenvalue weighted by Gasteiger charge is 2.22. The van der Waals surface area contributed by atoms with E-state index in [0.717, 1.165) is 16.8 Å². The van der Waals surface area contributed by atoms with Gasteiger partial charge in [0, 0.05) is 31.0 Å². The fourth-order valence-corrected chi connectivity index (χ4v) is 2.87. The summed E-state index contributed by atoms with van der Waals surface area (Å²) < 4.78 is 0. The Morgan fingerprint density at radius 1 is 1.15 bits per heavy atom. The molecule has 27 heavy (non-hydrogen) atoms. The van der Waals surface area contributed by atoms with Crippen LogP contribution in [-0.2, 0) is 11.3 Å². The molecule has 0 aromatic heterocycles. The number of carbonyl (C=O) groups is 1. The number of aryl methyl sites for hydroxylation is 1. The fourth-order valence-electron chi connectivity index (χ4n) is 2.87. The molecule has 2 aromatic rings. The lowest BCUT2D eigenvalue weighted by atomic mass is 10.1. The second-order valence-corrected chi connectivity index (χ2v) is 6.79. The van der Waals surface area contributed by atoms with Gasteiger partial charge in [-0.2, -0.15) is 5.26 Å². The summed E-state index contributed by atoms with van der Waals surface area (Å²) in [5.74, 6) is -0.248. The summed E-state index contributed by atoms with van der Waals surface area (Å²) in [6.45, 7) is 9.11. The van der Waals surface area contributed by atoms with Crippen LogP contribution in [0, 0.1) is 18.3 Å². The van der Waals surface area contributed by atoms with Gasteiger partial charge < -0.3 is 9.80 Å². The summed E-state index contributed by atoms with van der Waals surface area (Å²) in [7, 11) is 0. The summed E-state index contributed by atoms with van der Waals surface area (Å²) in [6, 6.07) is 20.0. The first-order valence-electron chi connectivity index (χ1n) is 9.26. The lowest BCUT2D eigenvalue weighted by Gasteiger charge is -2.27. The number of hydrogen-bond donors (Lipinski definition) is 0. The van der Waals surface area contributed by atoms with Gasteiger partial charge in [0.15, 0.2) is 0 Å². The molecule has 0 spiro atoms. The molecule has 0 aliphatic rings. The molecule has 4 nitrogen and oxygen atoms in total. The molecule has 0 heterocycles. The van der Waals surface area contributed by atoms with E-state index in [2.05, 4.69) is 6.07 Å². The summed E-state index contributed by atoms with van der Waals surface area (Å²) in [6.07, 6.45) is 1.66. The molecule has 0 atom stereocenters. The van der Waals surface area contributed by atoms with Gasteiger partial charge in [-0.15, -0.1) is 0 Å². The number of nitriles is 1. The third kappa shape index (κ3) is 5.46. The van der Waals surface area contributed by atoms with E-state index in [-0.39, 0.29) is 17.5 Å². The van der Waals surface area contributed by atoms with Crippen molar-refractivity contribution in [2.45, 2.75) is 40.3 Å². The van der Waals surface area contributed by atoms with E-state index in [4.69, 9.17) is 0 Å². The van der Waals surface area contributed by atoms with Crippen LogP contribution in [0.5, 0.6) is 0 Å². The van der Waals surface area contributed by atoms with Crippen molar-refractivity contribution in [1.29, 1.82) is 5.26 Å². The largest absolute Gasteiger partial charge is 0.347 e. The van der Waals surface area contributed by atoms with Crippen molar-refractivity contribution in [2.75, 3.05) is 11.4 Å². The van der Waals surface area contributed by atoms with E-state index in [0.29, 0.717) is 13.1 Å². The molecule has 0 unspecified atom stereocenters. The van der Waals surface area contributed by atoms with E-state index in [9.17, 15) is 10.1 Å². The molecule has 0 saturated carbocycles. The average Bonchev–Trinajstić information content (AvgIpc) is 2.67. The van der Waals surface area contributed by atoms with E-state index < -0.39 is 0 Å². The summed E-state index contributed by atoms with van der Waals surface area (Å²) >= 11 is 0. The molecule has 0 aliphatic heterocycles. The van der Waals surface area contributed by atoms with Crippen LogP contribution in [0.3, 0.4) is 0 Å². The van der Waals surface area contributed by atoms with Crippen molar-refractivity contribution in [1.82, 2.24) is 4.90 Å². The standard InChI is InChI=1S/C23H27N3O/c1-5-25(22-13-9-10-19(4)14-22)17-21(15-24)23(27)26(18(2)3)16-20-11-7-6-8-12-20/h6-14,17-18H,5,16H2,1-4H3/b21-17-. The average molecular weight is 361 g/mol. The van der Waals surface area contributed by atoms with Crippen LogP contribution in [0.15, 0.2) is 66.4 Å². The van der Waals surface area contributed by atoms with Crippen molar-refractivity contribution in [3.63, 3.8) is 0 Å². The maximum Gasteiger partial charge on any atom is 0.266 e. The zero-order chi connectivity index (χ0) is 19.8. The normalized spacial score (nSPS) is 11.2. The maximum absolute atomic E-state index is 13.1. The van der Waals surface area contributed by atoms with Gasteiger partial charge in [0.25, 0.3) is 5.91 Å². The minimum atomic E-state index is -0.248. The smallest absolute Gasteiger partial charge is 0.266 e. The monoisotopic (exact) mass is 361 g/mol. The zero-order valence-electron chi connectivity index (χ0n) is 16.5. The number of hydrogen-bond acceptors (Lipinski definition) is 3. The number of amides is 1. The van der Waals surface area contributed by atoms with Gasteiger partial charge in [0.05, 0.1) is 0 Å². The van der Waals surface area contributed by atoms with Gasteiger partial charge in [-0.05, 0) is 51.0 Å². The molecular formula is C23H27N3O. The van der Waals surface area contributed by atoms with Crippen molar-refractivity contribution in [3.8, 4) is 6.07 Å².